The quantitative estimate of drug-likeness (QED) is 0.764. The summed E-state index contributed by atoms with van der Waals surface area (Å²) in [5.41, 5.74) is 1.78. The lowest BCUT2D eigenvalue weighted by Crippen LogP contribution is -2.36. The third kappa shape index (κ3) is 5.58. The van der Waals surface area contributed by atoms with E-state index in [9.17, 15) is 9.90 Å². The third-order valence-electron chi connectivity index (χ3n) is 4.76. The van der Waals surface area contributed by atoms with Crippen molar-refractivity contribution in [2.75, 3.05) is 32.8 Å². The fraction of sp³-hybridized carbons (Fsp3) is 0.632. The van der Waals surface area contributed by atoms with Gasteiger partial charge in [-0.15, -0.1) is 0 Å². The largest absolute Gasteiger partial charge is 0.391 e. The molecule has 2 rings (SSSR count). The molecule has 5 nitrogen and oxygen atoms in total. The fourth-order valence-electron chi connectivity index (χ4n) is 3.13. The molecule has 1 saturated heterocycles. The average Bonchev–Trinajstić information content (AvgIpc) is 2.62. The van der Waals surface area contributed by atoms with E-state index in [-0.39, 0.29) is 11.8 Å². The van der Waals surface area contributed by atoms with Gasteiger partial charge in [0.1, 0.15) is 0 Å². The van der Waals surface area contributed by atoms with Crippen molar-refractivity contribution in [1.82, 2.24) is 10.2 Å². The first-order chi connectivity index (χ1) is 11.6. The molecule has 1 aliphatic rings. The molecule has 1 amide bonds. The van der Waals surface area contributed by atoms with Crippen molar-refractivity contribution in [3.63, 3.8) is 0 Å². The van der Waals surface area contributed by atoms with Crippen LogP contribution in [0.4, 0.5) is 0 Å². The predicted molar refractivity (Wildman–Crippen MR) is 95.0 cm³/mol. The molecule has 0 spiro atoms. The van der Waals surface area contributed by atoms with Crippen LogP contribution in [-0.4, -0.2) is 54.9 Å². The Balaban J connectivity index is 1.88. The number of aliphatic hydroxyl groups excluding tert-OH is 1. The van der Waals surface area contributed by atoms with E-state index in [2.05, 4.69) is 24.1 Å². The molecule has 1 aromatic rings. The van der Waals surface area contributed by atoms with Crippen LogP contribution in [0.15, 0.2) is 24.3 Å². The maximum Gasteiger partial charge on any atom is 0.251 e. The van der Waals surface area contributed by atoms with Gasteiger partial charge >= 0.3 is 0 Å². The van der Waals surface area contributed by atoms with Crippen LogP contribution in [0.2, 0.25) is 0 Å². The Kier molecular flexibility index (Phi) is 7.69. The number of benzene rings is 1. The summed E-state index contributed by atoms with van der Waals surface area (Å²) in [6.45, 7) is 8.67. The molecule has 1 atom stereocenters. The van der Waals surface area contributed by atoms with Crippen LogP contribution in [0.3, 0.4) is 0 Å². The molecule has 1 aromatic carbocycles. The molecule has 0 radical (unpaired) electrons. The van der Waals surface area contributed by atoms with Gasteiger partial charge in [-0.1, -0.05) is 38.8 Å². The minimum atomic E-state index is -0.486. The van der Waals surface area contributed by atoms with Crippen LogP contribution in [0.25, 0.3) is 0 Å². The standard InChI is InChI=1S/C19H30N2O3/c1-3-16(4-2)18(22)13-20-19(23)17-7-5-6-15(12-17)14-21-8-10-24-11-9-21/h5-7,12,16,18,22H,3-4,8-11,13-14H2,1-2H3,(H,20,23). The molecule has 1 aliphatic heterocycles. The molecule has 1 unspecified atom stereocenters. The maximum atomic E-state index is 12.3. The highest BCUT2D eigenvalue weighted by Gasteiger charge is 2.17. The number of rotatable bonds is 8. The highest BCUT2D eigenvalue weighted by molar-refractivity contribution is 5.94. The number of morpholine rings is 1. The van der Waals surface area contributed by atoms with E-state index in [1.807, 2.05) is 24.3 Å². The molecule has 1 heterocycles. The summed E-state index contributed by atoms with van der Waals surface area (Å²) in [6, 6.07) is 7.73. The van der Waals surface area contributed by atoms with Crippen molar-refractivity contribution < 1.29 is 14.6 Å². The summed E-state index contributed by atoms with van der Waals surface area (Å²) in [5.74, 6) is 0.113. The molecule has 134 valence electrons. The number of ether oxygens (including phenoxy) is 1. The van der Waals surface area contributed by atoms with Crippen molar-refractivity contribution in [1.29, 1.82) is 0 Å². The molecule has 0 aliphatic carbocycles. The second-order valence-electron chi connectivity index (χ2n) is 6.44. The Hall–Kier alpha value is -1.43. The van der Waals surface area contributed by atoms with Crippen LogP contribution in [0.1, 0.15) is 42.6 Å². The Morgan fingerprint density at radius 2 is 2.00 bits per heavy atom. The maximum absolute atomic E-state index is 12.3. The molecule has 0 aromatic heterocycles. The van der Waals surface area contributed by atoms with Gasteiger partial charge in [-0.2, -0.15) is 0 Å². The second kappa shape index (κ2) is 9.77. The molecule has 5 heteroatoms. The number of carbonyl (C=O) groups is 1. The molecule has 2 N–H and O–H groups in total. The van der Waals surface area contributed by atoms with E-state index in [1.165, 1.54) is 0 Å². The summed E-state index contributed by atoms with van der Waals surface area (Å²) in [6.07, 6.45) is 1.35. The van der Waals surface area contributed by atoms with Gasteiger partial charge < -0.3 is 15.2 Å². The second-order valence-corrected chi connectivity index (χ2v) is 6.44. The molecule has 1 fully saturated rings. The van der Waals surface area contributed by atoms with E-state index in [0.717, 1.165) is 51.3 Å². The van der Waals surface area contributed by atoms with Crippen molar-refractivity contribution in [3.05, 3.63) is 35.4 Å². The Labute approximate surface area is 145 Å². The molecule has 24 heavy (non-hydrogen) atoms. The van der Waals surface area contributed by atoms with Gasteiger partial charge in [-0.25, -0.2) is 0 Å². The highest BCUT2D eigenvalue weighted by Crippen LogP contribution is 2.13. The average molecular weight is 334 g/mol. The van der Waals surface area contributed by atoms with Gasteiger partial charge in [-0.3, -0.25) is 9.69 Å². The fourth-order valence-corrected chi connectivity index (χ4v) is 3.13. The van der Waals surface area contributed by atoms with Crippen molar-refractivity contribution >= 4 is 5.91 Å². The van der Waals surface area contributed by atoms with Gasteiger partial charge in [-0.05, 0) is 23.6 Å². The van der Waals surface area contributed by atoms with Crippen LogP contribution in [0, 0.1) is 5.92 Å². The summed E-state index contributed by atoms with van der Waals surface area (Å²) < 4.78 is 5.36. The van der Waals surface area contributed by atoms with Gasteiger partial charge in [0.2, 0.25) is 0 Å². The molecule has 0 bridgehead atoms. The number of amides is 1. The first-order valence-corrected chi connectivity index (χ1v) is 8.99. The van der Waals surface area contributed by atoms with Gasteiger partial charge in [0.15, 0.2) is 0 Å². The number of nitrogens with one attached hydrogen (secondary N) is 1. The van der Waals surface area contributed by atoms with E-state index in [0.29, 0.717) is 12.1 Å². The van der Waals surface area contributed by atoms with E-state index < -0.39 is 6.10 Å². The monoisotopic (exact) mass is 334 g/mol. The first kappa shape index (κ1) is 18.9. The van der Waals surface area contributed by atoms with Crippen molar-refractivity contribution in [2.45, 2.75) is 39.3 Å². The molecular formula is C19H30N2O3. The smallest absolute Gasteiger partial charge is 0.251 e. The third-order valence-corrected chi connectivity index (χ3v) is 4.76. The van der Waals surface area contributed by atoms with Crippen LogP contribution in [-0.2, 0) is 11.3 Å². The minimum Gasteiger partial charge on any atom is -0.391 e. The zero-order chi connectivity index (χ0) is 17.4. The number of hydrogen-bond donors (Lipinski definition) is 2. The molecular weight excluding hydrogens is 304 g/mol. The topological polar surface area (TPSA) is 61.8 Å². The van der Waals surface area contributed by atoms with Gasteiger partial charge in [0, 0.05) is 31.7 Å². The van der Waals surface area contributed by atoms with E-state index in [1.54, 1.807) is 0 Å². The van der Waals surface area contributed by atoms with Crippen LogP contribution >= 0.6 is 0 Å². The number of carbonyl (C=O) groups excluding carboxylic acids is 1. The van der Waals surface area contributed by atoms with E-state index >= 15 is 0 Å². The van der Waals surface area contributed by atoms with E-state index in [4.69, 9.17) is 4.74 Å². The Morgan fingerprint density at radius 1 is 1.29 bits per heavy atom. The lowest BCUT2D eigenvalue weighted by atomic mass is 9.96. The van der Waals surface area contributed by atoms with Crippen LogP contribution in [0.5, 0.6) is 0 Å². The molecule has 0 saturated carbocycles. The summed E-state index contributed by atoms with van der Waals surface area (Å²) in [4.78, 5) is 14.7. The Morgan fingerprint density at radius 3 is 2.67 bits per heavy atom. The lowest BCUT2D eigenvalue weighted by Gasteiger charge is -2.26. The predicted octanol–water partition coefficient (Wildman–Crippen LogP) is 2.05. The number of aliphatic hydroxyl groups is 1. The summed E-state index contributed by atoms with van der Waals surface area (Å²) >= 11 is 0. The van der Waals surface area contributed by atoms with Gasteiger partial charge in [0.25, 0.3) is 5.91 Å². The normalized spacial score (nSPS) is 17.0. The van der Waals surface area contributed by atoms with Crippen molar-refractivity contribution in [3.8, 4) is 0 Å². The van der Waals surface area contributed by atoms with Crippen LogP contribution < -0.4 is 5.32 Å². The van der Waals surface area contributed by atoms with Gasteiger partial charge in [0.05, 0.1) is 19.3 Å². The first-order valence-electron chi connectivity index (χ1n) is 8.99. The number of nitrogens with zero attached hydrogens (tertiary/aromatic N) is 1. The van der Waals surface area contributed by atoms with Crippen molar-refractivity contribution in [2.24, 2.45) is 5.92 Å². The number of hydrogen-bond acceptors (Lipinski definition) is 4. The summed E-state index contributed by atoms with van der Waals surface area (Å²) in [5, 5.41) is 13.0. The summed E-state index contributed by atoms with van der Waals surface area (Å²) in [7, 11) is 0. The lowest BCUT2D eigenvalue weighted by molar-refractivity contribution is 0.0342. The zero-order valence-electron chi connectivity index (χ0n) is 14.8. The Bertz CT molecular complexity index is 511. The SMILES string of the molecule is CCC(CC)C(O)CNC(=O)c1cccc(CN2CCOCC2)c1. The highest BCUT2D eigenvalue weighted by atomic mass is 16.5. The minimum absolute atomic E-state index is 0.121. The zero-order valence-corrected chi connectivity index (χ0v) is 14.8.